The zero-order chi connectivity index (χ0) is 10.7. The highest BCUT2D eigenvalue weighted by Crippen LogP contribution is 2.23. The van der Waals surface area contributed by atoms with Crippen molar-refractivity contribution in [2.75, 3.05) is 13.2 Å². The van der Waals surface area contributed by atoms with Crippen LogP contribution in [0.25, 0.3) is 0 Å². The number of hydrogen-bond acceptors (Lipinski definition) is 2. The van der Waals surface area contributed by atoms with Crippen LogP contribution in [0.5, 0.6) is 0 Å². The van der Waals surface area contributed by atoms with E-state index in [4.69, 9.17) is 5.11 Å². The van der Waals surface area contributed by atoms with Crippen LogP contribution in [0.15, 0.2) is 0 Å². The van der Waals surface area contributed by atoms with Gasteiger partial charge in [-0.3, -0.25) is 0 Å². The maximum atomic E-state index is 11.7. The van der Waals surface area contributed by atoms with Crippen LogP contribution in [0.1, 0.15) is 27.2 Å². The SMILES string of the molecule is CC(C)NC(=O)N1CCC(C)C1CO. The summed E-state index contributed by atoms with van der Waals surface area (Å²) in [6.07, 6.45) is 0.983. The number of nitrogens with one attached hydrogen (secondary N) is 1. The highest BCUT2D eigenvalue weighted by atomic mass is 16.3. The van der Waals surface area contributed by atoms with Crippen LogP contribution in [0.2, 0.25) is 0 Å². The largest absolute Gasteiger partial charge is 0.394 e. The van der Waals surface area contributed by atoms with Crippen molar-refractivity contribution in [3.63, 3.8) is 0 Å². The van der Waals surface area contributed by atoms with Crippen molar-refractivity contribution in [2.24, 2.45) is 5.92 Å². The van der Waals surface area contributed by atoms with Gasteiger partial charge in [-0.05, 0) is 26.2 Å². The molecule has 2 amide bonds. The second-order valence-corrected chi connectivity index (χ2v) is 4.31. The number of carbonyl (C=O) groups is 1. The Hall–Kier alpha value is -0.770. The van der Waals surface area contributed by atoms with Crippen molar-refractivity contribution in [1.29, 1.82) is 0 Å². The number of aliphatic hydroxyl groups excluding tert-OH is 1. The summed E-state index contributed by atoms with van der Waals surface area (Å²) in [7, 11) is 0. The van der Waals surface area contributed by atoms with Gasteiger partial charge in [0.05, 0.1) is 12.6 Å². The molecule has 4 heteroatoms. The lowest BCUT2D eigenvalue weighted by Gasteiger charge is -2.26. The highest BCUT2D eigenvalue weighted by molar-refractivity contribution is 5.75. The van der Waals surface area contributed by atoms with Gasteiger partial charge in [-0.15, -0.1) is 0 Å². The van der Waals surface area contributed by atoms with Crippen molar-refractivity contribution >= 4 is 6.03 Å². The van der Waals surface area contributed by atoms with Gasteiger partial charge in [-0.2, -0.15) is 0 Å². The monoisotopic (exact) mass is 200 g/mol. The molecule has 0 aromatic carbocycles. The van der Waals surface area contributed by atoms with Crippen molar-refractivity contribution < 1.29 is 9.90 Å². The molecule has 0 aromatic heterocycles. The molecule has 0 aliphatic carbocycles. The quantitative estimate of drug-likeness (QED) is 0.693. The number of likely N-dealkylation sites (tertiary alicyclic amines) is 1. The van der Waals surface area contributed by atoms with E-state index in [-0.39, 0.29) is 24.7 Å². The molecule has 1 rings (SSSR count). The van der Waals surface area contributed by atoms with Crippen molar-refractivity contribution in [3.05, 3.63) is 0 Å². The zero-order valence-corrected chi connectivity index (χ0v) is 9.16. The molecule has 2 N–H and O–H groups in total. The molecule has 1 aliphatic heterocycles. The Bertz CT molecular complexity index is 206. The lowest BCUT2D eigenvalue weighted by atomic mass is 10.0. The number of urea groups is 1. The third kappa shape index (κ3) is 2.38. The van der Waals surface area contributed by atoms with Gasteiger partial charge < -0.3 is 15.3 Å². The van der Waals surface area contributed by atoms with Crippen LogP contribution in [-0.2, 0) is 0 Å². The van der Waals surface area contributed by atoms with Gasteiger partial charge in [-0.25, -0.2) is 4.79 Å². The molecule has 0 aromatic rings. The van der Waals surface area contributed by atoms with Gasteiger partial charge in [-0.1, -0.05) is 6.92 Å². The number of rotatable bonds is 2. The molecule has 82 valence electrons. The van der Waals surface area contributed by atoms with E-state index in [9.17, 15) is 4.79 Å². The topological polar surface area (TPSA) is 52.6 Å². The molecular weight excluding hydrogens is 180 g/mol. The molecule has 1 heterocycles. The van der Waals surface area contributed by atoms with Crippen LogP contribution in [0.4, 0.5) is 4.79 Å². The molecule has 0 radical (unpaired) electrons. The van der Waals surface area contributed by atoms with E-state index in [1.54, 1.807) is 4.90 Å². The summed E-state index contributed by atoms with van der Waals surface area (Å²) >= 11 is 0. The van der Waals surface area contributed by atoms with Gasteiger partial charge >= 0.3 is 6.03 Å². The fourth-order valence-electron chi connectivity index (χ4n) is 1.87. The molecular formula is C10H20N2O2. The Labute approximate surface area is 85.3 Å². The van der Waals surface area contributed by atoms with E-state index in [1.165, 1.54) is 0 Å². The molecule has 0 spiro atoms. The first-order valence-corrected chi connectivity index (χ1v) is 5.24. The maximum absolute atomic E-state index is 11.7. The fourth-order valence-corrected chi connectivity index (χ4v) is 1.87. The van der Waals surface area contributed by atoms with E-state index in [2.05, 4.69) is 12.2 Å². The highest BCUT2D eigenvalue weighted by Gasteiger charge is 2.33. The normalized spacial score (nSPS) is 27.1. The molecule has 0 bridgehead atoms. The predicted octanol–water partition coefficient (Wildman–Crippen LogP) is 0.807. The fraction of sp³-hybridized carbons (Fsp3) is 0.900. The van der Waals surface area contributed by atoms with Crippen LogP contribution in [0, 0.1) is 5.92 Å². The van der Waals surface area contributed by atoms with Gasteiger partial charge in [0, 0.05) is 12.6 Å². The molecule has 2 unspecified atom stereocenters. The number of aliphatic hydroxyl groups is 1. The summed E-state index contributed by atoms with van der Waals surface area (Å²) in [6, 6.07) is 0.0925. The first kappa shape index (κ1) is 11.3. The van der Waals surface area contributed by atoms with Crippen molar-refractivity contribution in [2.45, 2.75) is 39.3 Å². The molecule has 1 aliphatic rings. The molecule has 14 heavy (non-hydrogen) atoms. The van der Waals surface area contributed by atoms with Crippen molar-refractivity contribution in [1.82, 2.24) is 10.2 Å². The van der Waals surface area contributed by atoms with E-state index in [0.717, 1.165) is 13.0 Å². The minimum Gasteiger partial charge on any atom is -0.394 e. The third-order valence-electron chi connectivity index (χ3n) is 2.74. The standard InChI is InChI=1S/C10H20N2O2/c1-7(2)11-10(14)12-5-4-8(3)9(12)6-13/h7-9,13H,4-6H2,1-3H3,(H,11,14). The number of nitrogens with zero attached hydrogens (tertiary/aromatic N) is 1. The first-order valence-electron chi connectivity index (χ1n) is 5.24. The number of amides is 2. The average Bonchev–Trinajstić information content (AvgIpc) is 2.45. The molecule has 2 atom stereocenters. The summed E-state index contributed by atoms with van der Waals surface area (Å²) in [6.45, 7) is 6.76. The molecule has 1 fully saturated rings. The zero-order valence-electron chi connectivity index (χ0n) is 9.16. The Kier molecular flexibility index (Phi) is 3.75. The van der Waals surface area contributed by atoms with Crippen LogP contribution < -0.4 is 5.32 Å². The van der Waals surface area contributed by atoms with Crippen LogP contribution in [0.3, 0.4) is 0 Å². The Balaban J connectivity index is 2.55. The Morgan fingerprint density at radius 3 is 2.79 bits per heavy atom. The lowest BCUT2D eigenvalue weighted by Crippen LogP contribution is -2.47. The Morgan fingerprint density at radius 1 is 1.64 bits per heavy atom. The average molecular weight is 200 g/mol. The number of carbonyl (C=O) groups excluding carboxylic acids is 1. The molecule has 4 nitrogen and oxygen atoms in total. The van der Waals surface area contributed by atoms with E-state index >= 15 is 0 Å². The first-order chi connectivity index (χ1) is 6.56. The van der Waals surface area contributed by atoms with Gasteiger partial charge in [0.25, 0.3) is 0 Å². The van der Waals surface area contributed by atoms with Crippen LogP contribution >= 0.6 is 0 Å². The maximum Gasteiger partial charge on any atom is 0.317 e. The van der Waals surface area contributed by atoms with Crippen molar-refractivity contribution in [3.8, 4) is 0 Å². The van der Waals surface area contributed by atoms with Gasteiger partial charge in [0.1, 0.15) is 0 Å². The van der Waals surface area contributed by atoms with E-state index in [0.29, 0.717) is 5.92 Å². The smallest absolute Gasteiger partial charge is 0.317 e. The summed E-state index contributed by atoms with van der Waals surface area (Å²) in [5, 5.41) is 12.0. The molecule has 0 saturated carbocycles. The molecule has 1 saturated heterocycles. The van der Waals surface area contributed by atoms with Gasteiger partial charge in [0.15, 0.2) is 0 Å². The minimum atomic E-state index is -0.0524. The summed E-state index contributed by atoms with van der Waals surface area (Å²) < 4.78 is 0. The second kappa shape index (κ2) is 4.64. The third-order valence-corrected chi connectivity index (χ3v) is 2.74. The summed E-state index contributed by atoms with van der Waals surface area (Å²) in [5.74, 6) is 0.401. The Morgan fingerprint density at radius 2 is 2.29 bits per heavy atom. The minimum absolute atomic E-state index is 0.00579. The van der Waals surface area contributed by atoms with E-state index < -0.39 is 0 Å². The number of hydrogen-bond donors (Lipinski definition) is 2. The second-order valence-electron chi connectivity index (χ2n) is 4.31. The lowest BCUT2D eigenvalue weighted by molar-refractivity contribution is 0.142. The summed E-state index contributed by atoms with van der Waals surface area (Å²) in [5.41, 5.74) is 0. The summed E-state index contributed by atoms with van der Waals surface area (Å²) in [4.78, 5) is 13.4. The van der Waals surface area contributed by atoms with Gasteiger partial charge in [0.2, 0.25) is 0 Å². The van der Waals surface area contributed by atoms with E-state index in [1.807, 2.05) is 13.8 Å². The van der Waals surface area contributed by atoms with Crippen LogP contribution in [-0.4, -0.2) is 41.3 Å². The predicted molar refractivity (Wildman–Crippen MR) is 55.0 cm³/mol.